The summed E-state index contributed by atoms with van der Waals surface area (Å²) < 4.78 is 1.65. The molecule has 30 heavy (non-hydrogen) atoms. The van der Waals surface area contributed by atoms with Crippen molar-refractivity contribution < 1.29 is 4.79 Å². The minimum absolute atomic E-state index is 0.0367. The largest absolute Gasteiger partial charge is 0.346 e. The smallest absolute Gasteiger partial charge is 0.274 e. The Morgan fingerprint density at radius 1 is 1.03 bits per heavy atom. The van der Waals surface area contributed by atoms with Gasteiger partial charge in [0.1, 0.15) is 0 Å². The number of carbonyl (C=O) groups is 1. The van der Waals surface area contributed by atoms with E-state index < -0.39 is 0 Å². The van der Waals surface area contributed by atoms with Crippen LogP contribution in [0.5, 0.6) is 0 Å². The highest BCUT2D eigenvalue weighted by atomic mass is 16.1. The molecule has 0 unspecified atom stereocenters. The van der Waals surface area contributed by atoms with E-state index >= 15 is 0 Å². The Kier molecular flexibility index (Phi) is 5.46. The standard InChI is InChI=1S/C25H29N3O2/c1-25(2,3)18-14-12-17(13-15-18)23(29)26-16-22-20-10-6-7-11-21(20)24(30)28(27-22)19-8-4-5-9-19/h6-7,10-15,19H,4-5,8-9,16H2,1-3H3,(H,26,29). The van der Waals surface area contributed by atoms with Gasteiger partial charge < -0.3 is 5.32 Å². The van der Waals surface area contributed by atoms with Crippen LogP contribution in [0.15, 0.2) is 53.3 Å². The molecule has 1 heterocycles. The molecule has 0 saturated heterocycles. The average molecular weight is 404 g/mol. The highest BCUT2D eigenvalue weighted by Gasteiger charge is 2.21. The highest BCUT2D eigenvalue weighted by Crippen LogP contribution is 2.28. The Hall–Kier alpha value is -2.95. The lowest BCUT2D eigenvalue weighted by atomic mass is 9.87. The predicted molar refractivity (Wildman–Crippen MR) is 120 cm³/mol. The molecule has 1 amide bonds. The van der Waals surface area contributed by atoms with Crippen molar-refractivity contribution in [2.24, 2.45) is 0 Å². The Labute approximate surface area is 177 Å². The van der Waals surface area contributed by atoms with Crippen LogP contribution in [0.4, 0.5) is 0 Å². The fourth-order valence-corrected chi connectivity index (χ4v) is 4.19. The molecule has 4 rings (SSSR count). The van der Waals surface area contributed by atoms with Gasteiger partial charge in [0.2, 0.25) is 0 Å². The second kappa shape index (κ2) is 8.05. The fraction of sp³-hybridized carbons (Fsp3) is 0.400. The third kappa shape index (κ3) is 4.02. The second-order valence-corrected chi connectivity index (χ2v) is 9.19. The number of carbonyl (C=O) groups excluding carboxylic acids is 1. The molecule has 0 spiro atoms. The van der Waals surface area contributed by atoms with Crippen LogP contribution in [0, 0.1) is 0 Å². The molecular formula is C25H29N3O2. The number of nitrogens with zero attached hydrogens (tertiary/aromatic N) is 2. The average Bonchev–Trinajstić information content (AvgIpc) is 3.27. The van der Waals surface area contributed by atoms with Crippen LogP contribution >= 0.6 is 0 Å². The van der Waals surface area contributed by atoms with Crippen LogP contribution in [0.3, 0.4) is 0 Å². The van der Waals surface area contributed by atoms with Gasteiger partial charge in [-0.15, -0.1) is 0 Å². The first-order chi connectivity index (χ1) is 14.3. The molecule has 1 saturated carbocycles. The summed E-state index contributed by atoms with van der Waals surface area (Å²) in [6.07, 6.45) is 4.22. The highest BCUT2D eigenvalue weighted by molar-refractivity contribution is 5.94. The number of amides is 1. The van der Waals surface area contributed by atoms with E-state index in [0.717, 1.165) is 36.8 Å². The lowest BCUT2D eigenvalue weighted by molar-refractivity contribution is 0.0950. The maximum Gasteiger partial charge on any atom is 0.274 e. The van der Waals surface area contributed by atoms with E-state index in [1.54, 1.807) is 4.68 Å². The van der Waals surface area contributed by atoms with Gasteiger partial charge in [-0.1, -0.05) is 63.9 Å². The monoisotopic (exact) mass is 403 g/mol. The van der Waals surface area contributed by atoms with Crippen LogP contribution in [-0.4, -0.2) is 15.7 Å². The molecule has 0 bridgehead atoms. The molecule has 1 N–H and O–H groups in total. The first kappa shape index (κ1) is 20.3. The Balaban J connectivity index is 1.60. The lowest BCUT2D eigenvalue weighted by Crippen LogP contribution is -2.30. The van der Waals surface area contributed by atoms with Gasteiger partial charge >= 0.3 is 0 Å². The molecule has 156 valence electrons. The van der Waals surface area contributed by atoms with E-state index in [1.165, 1.54) is 5.56 Å². The number of aromatic nitrogens is 2. The first-order valence-electron chi connectivity index (χ1n) is 10.7. The van der Waals surface area contributed by atoms with Crippen molar-refractivity contribution in [1.29, 1.82) is 0 Å². The van der Waals surface area contributed by atoms with Crippen molar-refractivity contribution in [3.05, 3.63) is 75.7 Å². The third-order valence-electron chi connectivity index (χ3n) is 6.00. The molecular weight excluding hydrogens is 374 g/mol. The predicted octanol–water partition coefficient (Wildman–Crippen LogP) is 4.74. The van der Waals surface area contributed by atoms with Gasteiger partial charge in [-0.25, -0.2) is 4.68 Å². The van der Waals surface area contributed by atoms with E-state index in [2.05, 4.69) is 31.2 Å². The summed E-state index contributed by atoms with van der Waals surface area (Å²) in [5.41, 5.74) is 2.56. The number of nitrogens with one attached hydrogen (secondary N) is 1. The Morgan fingerprint density at radius 2 is 1.67 bits per heavy atom. The summed E-state index contributed by atoms with van der Waals surface area (Å²) in [6.45, 7) is 6.74. The minimum Gasteiger partial charge on any atom is -0.346 e. The van der Waals surface area contributed by atoms with Crippen molar-refractivity contribution in [1.82, 2.24) is 15.1 Å². The van der Waals surface area contributed by atoms with Crippen LogP contribution < -0.4 is 10.9 Å². The molecule has 5 nitrogen and oxygen atoms in total. The molecule has 3 aromatic rings. The number of hydrogen-bond donors (Lipinski definition) is 1. The molecule has 1 fully saturated rings. The van der Waals surface area contributed by atoms with Gasteiger partial charge in [-0.2, -0.15) is 5.10 Å². The van der Waals surface area contributed by atoms with Gasteiger partial charge in [0.05, 0.1) is 23.7 Å². The maximum atomic E-state index is 13.0. The van der Waals surface area contributed by atoms with E-state index in [0.29, 0.717) is 10.9 Å². The van der Waals surface area contributed by atoms with E-state index in [1.807, 2.05) is 48.5 Å². The molecule has 2 aromatic carbocycles. The molecule has 5 heteroatoms. The van der Waals surface area contributed by atoms with Crippen LogP contribution in [-0.2, 0) is 12.0 Å². The third-order valence-corrected chi connectivity index (χ3v) is 6.00. The number of benzene rings is 2. The molecule has 0 atom stereocenters. The zero-order valence-corrected chi connectivity index (χ0v) is 17.9. The first-order valence-corrected chi connectivity index (χ1v) is 10.7. The lowest BCUT2D eigenvalue weighted by Gasteiger charge is -2.19. The van der Waals surface area contributed by atoms with Crippen molar-refractivity contribution in [3.63, 3.8) is 0 Å². The van der Waals surface area contributed by atoms with Crippen LogP contribution in [0.2, 0.25) is 0 Å². The molecule has 1 aliphatic carbocycles. The number of fused-ring (bicyclic) bond motifs is 1. The van der Waals surface area contributed by atoms with E-state index in [4.69, 9.17) is 0 Å². The molecule has 0 radical (unpaired) electrons. The number of rotatable bonds is 4. The SMILES string of the molecule is CC(C)(C)c1ccc(C(=O)NCc2nn(C3CCCC3)c(=O)c3ccccc23)cc1. The van der Waals surface area contributed by atoms with Gasteiger partial charge in [-0.3, -0.25) is 9.59 Å². The summed E-state index contributed by atoms with van der Waals surface area (Å²) in [4.78, 5) is 25.7. The minimum atomic E-state index is -0.139. The second-order valence-electron chi connectivity index (χ2n) is 9.19. The summed E-state index contributed by atoms with van der Waals surface area (Å²) in [5, 5.41) is 9.14. The fourth-order valence-electron chi connectivity index (χ4n) is 4.19. The zero-order chi connectivity index (χ0) is 21.3. The van der Waals surface area contributed by atoms with Crippen molar-refractivity contribution in [2.75, 3.05) is 0 Å². The molecule has 0 aliphatic heterocycles. The quantitative estimate of drug-likeness (QED) is 0.684. The summed E-state index contributed by atoms with van der Waals surface area (Å²) in [7, 11) is 0. The summed E-state index contributed by atoms with van der Waals surface area (Å²) in [6, 6.07) is 15.4. The normalized spacial score (nSPS) is 14.9. The van der Waals surface area contributed by atoms with Gasteiger partial charge in [0.15, 0.2) is 0 Å². The summed E-state index contributed by atoms with van der Waals surface area (Å²) in [5.74, 6) is -0.139. The zero-order valence-electron chi connectivity index (χ0n) is 17.9. The number of hydrogen-bond acceptors (Lipinski definition) is 3. The van der Waals surface area contributed by atoms with Gasteiger partial charge in [-0.05, 0) is 42.0 Å². The van der Waals surface area contributed by atoms with Crippen molar-refractivity contribution in [3.8, 4) is 0 Å². The topological polar surface area (TPSA) is 64.0 Å². The van der Waals surface area contributed by atoms with E-state index in [9.17, 15) is 9.59 Å². The van der Waals surface area contributed by atoms with Crippen LogP contribution in [0.1, 0.15) is 74.1 Å². The van der Waals surface area contributed by atoms with E-state index in [-0.39, 0.29) is 29.5 Å². The van der Waals surface area contributed by atoms with Gasteiger partial charge in [0.25, 0.3) is 11.5 Å². The molecule has 1 aromatic heterocycles. The van der Waals surface area contributed by atoms with Crippen molar-refractivity contribution >= 4 is 16.7 Å². The van der Waals surface area contributed by atoms with Gasteiger partial charge in [0, 0.05) is 10.9 Å². The maximum absolute atomic E-state index is 13.0. The van der Waals surface area contributed by atoms with Crippen molar-refractivity contribution in [2.45, 2.75) is 64.5 Å². The summed E-state index contributed by atoms with van der Waals surface area (Å²) >= 11 is 0. The Morgan fingerprint density at radius 3 is 2.30 bits per heavy atom. The van der Waals surface area contributed by atoms with Crippen LogP contribution in [0.25, 0.3) is 10.8 Å². The Bertz CT molecular complexity index is 1120. The molecule has 1 aliphatic rings.